The van der Waals surface area contributed by atoms with Gasteiger partial charge in [0, 0.05) is 31.8 Å². The van der Waals surface area contributed by atoms with Gasteiger partial charge < -0.3 is 9.64 Å². The summed E-state index contributed by atoms with van der Waals surface area (Å²) in [5.41, 5.74) is 5.99. The second-order valence-electron chi connectivity index (χ2n) is 7.90. The summed E-state index contributed by atoms with van der Waals surface area (Å²) in [6, 6.07) is 6.11. The molecule has 2 heterocycles. The largest absolute Gasteiger partial charge is 0.497 e. The third kappa shape index (κ3) is 2.97. The molecular weight excluding hydrogens is 366 g/mol. The Morgan fingerprint density at radius 3 is 2.69 bits per heavy atom. The molecule has 29 heavy (non-hydrogen) atoms. The Hall–Kier alpha value is -3.22. The number of fused-ring (bicyclic) bond motifs is 3. The minimum absolute atomic E-state index is 0.0337. The van der Waals surface area contributed by atoms with E-state index in [0.717, 1.165) is 53.9 Å². The first-order chi connectivity index (χ1) is 14.1. The highest BCUT2D eigenvalue weighted by molar-refractivity contribution is 5.95. The summed E-state index contributed by atoms with van der Waals surface area (Å²) in [5.74, 6) is 1.68. The third-order valence-corrected chi connectivity index (χ3v) is 5.68. The summed E-state index contributed by atoms with van der Waals surface area (Å²) in [5, 5.41) is 4.51. The van der Waals surface area contributed by atoms with E-state index in [1.807, 2.05) is 12.3 Å². The monoisotopic (exact) mass is 389 g/mol. The van der Waals surface area contributed by atoms with E-state index in [1.165, 1.54) is 5.56 Å². The molecule has 0 unspecified atom stereocenters. The summed E-state index contributed by atoms with van der Waals surface area (Å²) in [6.45, 7) is 0. The van der Waals surface area contributed by atoms with Crippen molar-refractivity contribution >= 4 is 5.91 Å². The lowest BCUT2D eigenvalue weighted by molar-refractivity contribution is 0.0826. The molecule has 1 saturated carbocycles. The highest BCUT2D eigenvalue weighted by Gasteiger charge is 2.34. The van der Waals surface area contributed by atoms with E-state index in [4.69, 9.17) is 9.72 Å². The van der Waals surface area contributed by atoms with Crippen LogP contribution in [0.4, 0.5) is 0 Å². The number of carbonyl (C=O) groups is 1. The van der Waals surface area contributed by atoms with Crippen molar-refractivity contribution in [3.8, 4) is 23.0 Å². The van der Waals surface area contributed by atoms with E-state index in [1.54, 1.807) is 37.0 Å². The van der Waals surface area contributed by atoms with Gasteiger partial charge in [-0.2, -0.15) is 5.10 Å². The topological polar surface area (TPSA) is 73.1 Å². The van der Waals surface area contributed by atoms with Crippen LogP contribution in [-0.2, 0) is 12.8 Å². The fourth-order valence-corrected chi connectivity index (χ4v) is 3.99. The minimum Gasteiger partial charge on any atom is -0.497 e. The number of ether oxygens (including phenoxy) is 1. The van der Waals surface area contributed by atoms with Crippen molar-refractivity contribution in [2.45, 2.75) is 31.6 Å². The molecule has 2 aromatic heterocycles. The number of hydrogen-bond acceptors (Lipinski definition) is 5. The van der Waals surface area contributed by atoms with Gasteiger partial charge in [-0.05, 0) is 55.0 Å². The van der Waals surface area contributed by atoms with Crippen molar-refractivity contribution in [1.29, 1.82) is 0 Å². The highest BCUT2D eigenvalue weighted by Crippen LogP contribution is 2.42. The number of methoxy groups -OCH3 is 1. The Bertz CT molecular complexity index is 1110. The molecule has 1 aromatic carbocycles. The standard InChI is InChI=1S/C22H23N5O2/c1-26(2)21(28)18-12-24-27(20(18)13-4-5-13)22-23-11-15-7-6-14-10-16(29-3)8-9-17(14)19(15)25-22/h8-13H,4-7H2,1-3H3. The molecule has 3 aromatic rings. The second kappa shape index (κ2) is 6.69. The van der Waals surface area contributed by atoms with E-state index in [2.05, 4.69) is 22.2 Å². The number of aryl methyl sites for hydroxylation is 2. The van der Waals surface area contributed by atoms with Crippen molar-refractivity contribution in [1.82, 2.24) is 24.6 Å². The van der Waals surface area contributed by atoms with E-state index < -0.39 is 0 Å². The van der Waals surface area contributed by atoms with Crippen LogP contribution in [0.15, 0.2) is 30.6 Å². The van der Waals surface area contributed by atoms with Gasteiger partial charge in [-0.3, -0.25) is 4.79 Å². The first-order valence-corrected chi connectivity index (χ1v) is 9.90. The summed E-state index contributed by atoms with van der Waals surface area (Å²) >= 11 is 0. The molecule has 1 fully saturated rings. The molecule has 0 aliphatic heterocycles. The third-order valence-electron chi connectivity index (χ3n) is 5.68. The first kappa shape index (κ1) is 17.8. The molecule has 2 aliphatic carbocycles. The Labute approximate surface area is 169 Å². The van der Waals surface area contributed by atoms with Gasteiger partial charge in [-0.25, -0.2) is 14.6 Å². The lowest BCUT2D eigenvalue weighted by Crippen LogP contribution is -2.23. The Balaban J connectivity index is 1.62. The van der Waals surface area contributed by atoms with Gasteiger partial charge in [0.2, 0.25) is 0 Å². The van der Waals surface area contributed by atoms with E-state index >= 15 is 0 Å². The van der Waals surface area contributed by atoms with Crippen LogP contribution in [-0.4, -0.2) is 51.8 Å². The van der Waals surface area contributed by atoms with Crippen molar-refractivity contribution < 1.29 is 9.53 Å². The zero-order valence-electron chi connectivity index (χ0n) is 16.8. The van der Waals surface area contributed by atoms with Gasteiger partial charge in [0.15, 0.2) is 0 Å². The molecule has 0 saturated heterocycles. The highest BCUT2D eigenvalue weighted by atomic mass is 16.5. The number of benzene rings is 1. The maximum absolute atomic E-state index is 12.6. The normalized spacial score (nSPS) is 14.9. The number of rotatable bonds is 4. The van der Waals surface area contributed by atoms with Gasteiger partial charge >= 0.3 is 0 Å². The number of carbonyl (C=O) groups excluding carboxylic acids is 1. The summed E-state index contributed by atoms with van der Waals surface area (Å²) < 4.78 is 7.13. The maximum Gasteiger partial charge on any atom is 0.256 e. The van der Waals surface area contributed by atoms with Crippen LogP contribution in [0.3, 0.4) is 0 Å². The summed E-state index contributed by atoms with van der Waals surface area (Å²) in [7, 11) is 5.20. The van der Waals surface area contributed by atoms with Gasteiger partial charge in [0.25, 0.3) is 11.9 Å². The van der Waals surface area contributed by atoms with Crippen LogP contribution in [0.25, 0.3) is 17.2 Å². The zero-order valence-corrected chi connectivity index (χ0v) is 16.8. The molecule has 0 N–H and O–H groups in total. The smallest absolute Gasteiger partial charge is 0.256 e. The van der Waals surface area contributed by atoms with Crippen LogP contribution < -0.4 is 4.74 Å². The van der Waals surface area contributed by atoms with Crippen molar-refractivity contribution in [3.63, 3.8) is 0 Å². The SMILES string of the molecule is COc1ccc2c(c1)CCc1cnc(-n3ncc(C(=O)N(C)C)c3C3CC3)nc1-2. The van der Waals surface area contributed by atoms with E-state index in [9.17, 15) is 4.79 Å². The summed E-state index contributed by atoms with van der Waals surface area (Å²) in [6.07, 6.45) is 7.52. The first-order valence-electron chi connectivity index (χ1n) is 9.90. The van der Waals surface area contributed by atoms with Crippen LogP contribution in [0.5, 0.6) is 5.75 Å². The zero-order chi connectivity index (χ0) is 20.1. The Morgan fingerprint density at radius 1 is 1.17 bits per heavy atom. The molecular formula is C22H23N5O2. The van der Waals surface area contributed by atoms with E-state index in [0.29, 0.717) is 17.4 Å². The van der Waals surface area contributed by atoms with Crippen LogP contribution in [0, 0.1) is 0 Å². The average Bonchev–Trinajstić information content (AvgIpc) is 3.49. The Morgan fingerprint density at radius 2 is 1.97 bits per heavy atom. The fourth-order valence-electron chi connectivity index (χ4n) is 3.99. The molecule has 0 radical (unpaired) electrons. The predicted molar refractivity (Wildman–Crippen MR) is 109 cm³/mol. The quantitative estimate of drug-likeness (QED) is 0.686. The summed E-state index contributed by atoms with van der Waals surface area (Å²) in [4.78, 5) is 23.7. The van der Waals surface area contributed by atoms with Gasteiger partial charge in [-0.1, -0.05) is 0 Å². The second-order valence-corrected chi connectivity index (χ2v) is 7.90. The Kier molecular flexibility index (Phi) is 4.12. The lowest BCUT2D eigenvalue weighted by atomic mass is 9.90. The molecule has 2 aliphatic rings. The average molecular weight is 389 g/mol. The molecule has 5 rings (SSSR count). The molecule has 7 nitrogen and oxygen atoms in total. The van der Waals surface area contributed by atoms with Crippen molar-refractivity contribution in [2.24, 2.45) is 0 Å². The van der Waals surface area contributed by atoms with Crippen LogP contribution >= 0.6 is 0 Å². The van der Waals surface area contributed by atoms with Crippen molar-refractivity contribution in [2.75, 3.05) is 21.2 Å². The lowest BCUT2D eigenvalue weighted by Gasteiger charge is -2.20. The number of aromatic nitrogens is 4. The number of amides is 1. The van der Waals surface area contributed by atoms with Crippen LogP contribution in [0.2, 0.25) is 0 Å². The van der Waals surface area contributed by atoms with E-state index in [-0.39, 0.29) is 5.91 Å². The predicted octanol–water partition coefficient (Wildman–Crippen LogP) is 3.02. The minimum atomic E-state index is -0.0337. The van der Waals surface area contributed by atoms with Crippen molar-refractivity contribution in [3.05, 3.63) is 53.0 Å². The maximum atomic E-state index is 12.6. The molecule has 7 heteroatoms. The van der Waals surface area contributed by atoms with Gasteiger partial charge in [0.05, 0.1) is 30.3 Å². The number of hydrogen-bond donors (Lipinski definition) is 0. The fraction of sp³-hybridized carbons (Fsp3) is 0.364. The molecule has 0 spiro atoms. The molecule has 0 bridgehead atoms. The number of nitrogens with zero attached hydrogens (tertiary/aromatic N) is 5. The van der Waals surface area contributed by atoms with Gasteiger partial charge in [0.1, 0.15) is 5.75 Å². The molecule has 1 amide bonds. The molecule has 148 valence electrons. The van der Waals surface area contributed by atoms with Crippen LogP contribution in [0.1, 0.15) is 45.9 Å². The van der Waals surface area contributed by atoms with Gasteiger partial charge in [-0.15, -0.1) is 0 Å². The molecule has 0 atom stereocenters.